The van der Waals surface area contributed by atoms with E-state index in [4.69, 9.17) is 23.3 Å². The second-order valence-electron chi connectivity index (χ2n) is 6.37. The van der Waals surface area contributed by atoms with Gasteiger partial charge in [-0.05, 0) is 54.4 Å². The van der Waals surface area contributed by atoms with E-state index in [-0.39, 0.29) is 16.9 Å². The molecule has 0 saturated carbocycles. The third-order valence-corrected chi connectivity index (χ3v) is 6.95. The molecule has 0 aromatic heterocycles. The molecule has 7 heteroatoms. The number of piperazine rings is 1. The normalized spacial score (nSPS) is 35.5. The fraction of sp³-hybridized carbons (Fsp3) is 0.391. The first kappa shape index (κ1) is 9.08. The van der Waals surface area contributed by atoms with Crippen LogP contribution in [0.2, 0.25) is 0 Å². The lowest BCUT2D eigenvalue weighted by atomic mass is 9.96. The molecule has 0 aliphatic carbocycles. The van der Waals surface area contributed by atoms with Gasteiger partial charge in [-0.3, -0.25) is 0 Å². The lowest BCUT2D eigenvalue weighted by Gasteiger charge is -2.32. The van der Waals surface area contributed by atoms with E-state index in [2.05, 4.69) is 0 Å². The fourth-order valence-corrected chi connectivity index (χ4v) is 4.87. The smallest absolute Gasteiger partial charge is 0.242 e. The first-order valence-corrected chi connectivity index (χ1v) is 11.0. The Kier molecular flexibility index (Phi) is 2.68. The summed E-state index contributed by atoms with van der Waals surface area (Å²) >= 11 is 1.23. The van der Waals surface area contributed by atoms with Gasteiger partial charge in [-0.2, -0.15) is 0 Å². The molecule has 160 valence electrons. The Morgan fingerprint density at radius 1 is 1.10 bits per heavy atom. The molecule has 2 aromatic rings. The first-order valence-electron chi connectivity index (χ1n) is 17.3. The predicted octanol–water partition coefficient (Wildman–Crippen LogP) is 3.47. The van der Waals surface area contributed by atoms with E-state index in [0.717, 1.165) is 12.1 Å². The molecule has 2 aliphatic rings. The maximum absolute atomic E-state index is 13.4. The van der Waals surface area contributed by atoms with Crippen LogP contribution in [0.25, 0.3) is 5.57 Å². The van der Waals surface area contributed by atoms with E-state index < -0.39 is 77.6 Å². The second kappa shape index (κ2) is 8.85. The first-order chi connectivity index (χ1) is 21.0. The van der Waals surface area contributed by atoms with Crippen LogP contribution >= 0.6 is 11.8 Å². The van der Waals surface area contributed by atoms with Crippen molar-refractivity contribution < 1.29 is 31.7 Å². The largest absolute Gasteiger partial charge is 0.304 e. The van der Waals surface area contributed by atoms with E-state index in [1.807, 2.05) is 0 Å². The molecule has 0 N–H and O–H groups in total. The summed E-state index contributed by atoms with van der Waals surface area (Å²) in [5.41, 5.74) is 1.07. The van der Waals surface area contributed by atoms with Crippen LogP contribution in [-0.4, -0.2) is 76.0 Å². The molecule has 0 radical (unpaired) electrons. The average molecular weight is 461 g/mol. The summed E-state index contributed by atoms with van der Waals surface area (Å²) in [6.45, 7) is -25.2. The Morgan fingerprint density at radius 2 is 1.87 bits per heavy atom. The van der Waals surface area contributed by atoms with Gasteiger partial charge >= 0.3 is 0 Å². The van der Waals surface area contributed by atoms with Crippen LogP contribution in [0.3, 0.4) is 0 Å². The van der Waals surface area contributed by atoms with Crippen molar-refractivity contribution in [2.75, 3.05) is 53.5 Å². The minimum absolute atomic E-state index is 0.217. The molecule has 2 heterocycles. The van der Waals surface area contributed by atoms with Crippen LogP contribution in [0.1, 0.15) is 40.9 Å². The van der Waals surface area contributed by atoms with E-state index >= 15 is 0 Å². The molecule has 1 saturated heterocycles. The molecular formula is C23H29N3O2S2. The molecular weight excluding hydrogens is 414 g/mol. The summed E-state index contributed by atoms with van der Waals surface area (Å²) in [5.74, 6) is 0. The summed E-state index contributed by atoms with van der Waals surface area (Å²) in [7, 11) is -5.13. The fourth-order valence-electron chi connectivity index (χ4n) is 3.06. The molecule has 0 atom stereocenters. The highest BCUT2D eigenvalue weighted by Gasteiger charge is 2.25. The van der Waals surface area contributed by atoms with Crippen molar-refractivity contribution in [3.8, 4) is 0 Å². The van der Waals surface area contributed by atoms with Crippen molar-refractivity contribution in [2.24, 2.45) is 0 Å². The zero-order valence-corrected chi connectivity index (χ0v) is 17.1. The highest BCUT2D eigenvalue weighted by Crippen LogP contribution is 2.46. The number of nitrogens with zero attached hydrogens (tertiary/aromatic N) is 3. The monoisotopic (exact) mass is 460 g/mol. The maximum atomic E-state index is 13.4. The number of likely N-dealkylation sites (N-methyl/N-ethyl adjacent to an activating group) is 1. The van der Waals surface area contributed by atoms with Crippen LogP contribution < -0.4 is 0 Å². The Labute approximate surface area is 208 Å². The summed E-state index contributed by atoms with van der Waals surface area (Å²) in [4.78, 5) is 0.376. The number of hydrogen-bond acceptors (Lipinski definition) is 5. The van der Waals surface area contributed by atoms with Gasteiger partial charge in [0, 0.05) is 79.6 Å². The Morgan fingerprint density at radius 3 is 2.63 bits per heavy atom. The Hall–Kier alpha value is -1.64. The van der Waals surface area contributed by atoms with Gasteiger partial charge in [0.05, 0.1) is 4.90 Å². The molecule has 0 amide bonds. The lowest BCUT2D eigenvalue weighted by molar-refractivity contribution is 0.156. The minimum Gasteiger partial charge on any atom is -0.304 e. The summed E-state index contributed by atoms with van der Waals surface area (Å²) in [6.07, 6.45) is 1.16. The molecule has 2 aliphatic heterocycles. The van der Waals surface area contributed by atoms with Crippen LogP contribution in [-0.2, 0) is 10.0 Å². The van der Waals surface area contributed by atoms with E-state index in [1.165, 1.54) is 23.9 Å². The quantitative estimate of drug-likeness (QED) is 0.583. The molecule has 1 fully saturated rings. The topological polar surface area (TPSA) is 43.9 Å². The molecule has 0 spiro atoms. The van der Waals surface area contributed by atoms with Gasteiger partial charge in [0.2, 0.25) is 10.0 Å². The standard InChI is InChI=1S/C23H29N3O2S2/c1-24(2)30(27,28)18-10-11-23-21(17-18)19(20-7-4-5-9-22(20)29-23)8-6-12-26-15-13-25(3)14-16-26/h4-5,7-11,17H,6,12-16H2,1-3H3/b19-8-/i1D3,2D3,3D3,13D2,14D2,15D2,16D2. The van der Waals surface area contributed by atoms with Crippen LogP contribution in [0, 0.1) is 0 Å². The van der Waals surface area contributed by atoms with Gasteiger partial charge in [-0.1, -0.05) is 36.0 Å². The van der Waals surface area contributed by atoms with Crippen LogP contribution in [0.4, 0.5) is 0 Å². The van der Waals surface area contributed by atoms with Crippen LogP contribution in [0.5, 0.6) is 0 Å². The minimum atomic E-state index is -5.13. The number of rotatable bonds is 5. The van der Waals surface area contributed by atoms with Crippen molar-refractivity contribution in [3.05, 3.63) is 59.7 Å². The Bertz CT molecular complexity index is 1640. The van der Waals surface area contributed by atoms with Gasteiger partial charge in [-0.25, -0.2) is 12.7 Å². The molecule has 4 rings (SSSR count). The molecule has 0 unspecified atom stereocenters. The lowest BCUT2D eigenvalue weighted by Crippen LogP contribution is -2.44. The van der Waals surface area contributed by atoms with E-state index in [9.17, 15) is 8.42 Å². The molecule has 0 bridgehead atoms. The number of sulfonamides is 1. The summed E-state index contributed by atoms with van der Waals surface area (Å²) < 4.78 is 162. The van der Waals surface area contributed by atoms with Crippen molar-refractivity contribution >= 4 is 27.4 Å². The number of hydrogen-bond donors (Lipinski definition) is 0. The number of benzene rings is 2. The highest BCUT2D eigenvalue weighted by atomic mass is 32.2. The zero-order valence-electron chi connectivity index (χ0n) is 32.5. The van der Waals surface area contributed by atoms with Crippen molar-refractivity contribution in [1.82, 2.24) is 14.1 Å². The van der Waals surface area contributed by atoms with Crippen LogP contribution in [0.15, 0.2) is 63.2 Å². The molecule has 2 aromatic carbocycles. The van der Waals surface area contributed by atoms with Gasteiger partial charge in [0.1, 0.15) is 0 Å². The molecule has 30 heavy (non-hydrogen) atoms. The SMILES string of the molecule is [2H]C([2H])([2H])N1C([2H])([2H])C([2H])([2H])N(CC/C=C2/c3ccccc3Sc3ccc(S(=O)(=O)N(C([2H])([2H])[2H])C([2H])([2H])[2H])cc32)C([2H])([2H])C1([2H])[2H]. The van der Waals surface area contributed by atoms with Crippen molar-refractivity contribution in [2.45, 2.75) is 21.1 Å². The van der Waals surface area contributed by atoms with Gasteiger partial charge in [-0.15, -0.1) is 0 Å². The van der Waals surface area contributed by atoms with Gasteiger partial charge < -0.3 is 9.80 Å². The van der Waals surface area contributed by atoms with Crippen molar-refractivity contribution in [1.29, 1.82) is 0 Å². The van der Waals surface area contributed by atoms with Gasteiger partial charge in [0.25, 0.3) is 0 Å². The maximum Gasteiger partial charge on any atom is 0.242 e. The van der Waals surface area contributed by atoms with E-state index in [0.29, 0.717) is 20.9 Å². The third-order valence-electron chi connectivity index (χ3n) is 4.47. The third kappa shape index (κ3) is 4.36. The zero-order chi connectivity index (χ0) is 36.0. The number of fused-ring (bicyclic) bond motifs is 2. The predicted molar refractivity (Wildman–Crippen MR) is 124 cm³/mol. The second-order valence-corrected chi connectivity index (χ2v) is 9.24. The highest BCUT2D eigenvalue weighted by molar-refractivity contribution is 7.99. The Balaban J connectivity index is 1.82. The van der Waals surface area contributed by atoms with Crippen molar-refractivity contribution in [3.63, 3.8) is 0 Å². The average Bonchev–Trinajstić information content (AvgIpc) is 2.85. The van der Waals surface area contributed by atoms with Gasteiger partial charge in [0.15, 0.2) is 0 Å². The van der Waals surface area contributed by atoms with E-state index in [1.54, 1.807) is 24.3 Å². The summed E-state index contributed by atoms with van der Waals surface area (Å²) in [5, 5.41) is 0. The molecule has 5 nitrogen and oxygen atoms in total. The summed E-state index contributed by atoms with van der Waals surface area (Å²) in [6, 6.07) is 10.3.